The van der Waals surface area contributed by atoms with E-state index in [1.165, 1.54) is 5.57 Å². The standard InChI is InChI=1S/C6H9NO/c1-5-3-6(2)7-8-4-5/h3H,4H2,1-2H3. The van der Waals surface area contributed by atoms with E-state index in [4.69, 9.17) is 4.84 Å². The van der Waals surface area contributed by atoms with Crippen LogP contribution in [-0.4, -0.2) is 12.3 Å². The van der Waals surface area contributed by atoms with Crippen molar-refractivity contribution in [3.63, 3.8) is 0 Å². The molecule has 1 aliphatic heterocycles. The van der Waals surface area contributed by atoms with Gasteiger partial charge in [-0.05, 0) is 25.5 Å². The molecule has 0 aromatic carbocycles. The lowest BCUT2D eigenvalue weighted by molar-refractivity contribution is 0.164. The van der Waals surface area contributed by atoms with Crippen LogP contribution < -0.4 is 0 Å². The largest absolute Gasteiger partial charge is 0.391 e. The average Bonchev–Trinajstić information content (AvgIpc) is 1.64. The number of hydrogen-bond donors (Lipinski definition) is 0. The first-order valence-electron chi connectivity index (χ1n) is 2.63. The van der Waals surface area contributed by atoms with E-state index in [1.807, 2.05) is 19.9 Å². The highest BCUT2D eigenvalue weighted by Gasteiger charge is 1.96. The molecule has 0 aromatic rings. The van der Waals surface area contributed by atoms with Gasteiger partial charge < -0.3 is 4.84 Å². The van der Waals surface area contributed by atoms with E-state index in [1.54, 1.807) is 0 Å². The Bertz CT molecular complexity index is 147. The molecule has 0 spiro atoms. The molecule has 44 valence electrons. The van der Waals surface area contributed by atoms with Gasteiger partial charge in [-0.15, -0.1) is 0 Å². The second-order valence-electron chi connectivity index (χ2n) is 2.00. The first-order chi connectivity index (χ1) is 3.79. The first-order valence-corrected chi connectivity index (χ1v) is 2.63. The molecule has 0 atom stereocenters. The van der Waals surface area contributed by atoms with Gasteiger partial charge in [0.15, 0.2) is 0 Å². The molecule has 0 aliphatic carbocycles. The summed E-state index contributed by atoms with van der Waals surface area (Å²) in [6.07, 6.45) is 2.02. The van der Waals surface area contributed by atoms with E-state index < -0.39 is 0 Å². The van der Waals surface area contributed by atoms with E-state index >= 15 is 0 Å². The topological polar surface area (TPSA) is 21.6 Å². The van der Waals surface area contributed by atoms with Crippen molar-refractivity contribution < 1.29 is 4.84 Å². The predicted molar refractivity (Wildman–Crippen MR) is 32.8 cm³/mol. The average molecular weight is 111 g/mol. The van der Waals surface area contributed by atoms with Gasteiger partial charge in [0.05, 0.1) is 5.71 Å². The Morgan fingerprint density at radius 3 is 2.75 bits per heavy atom. The number of oxime groups is 1. The molecule has 0 aromatic heterocycles. The van der Waals surface area contributed by atoms with Crippen molar-refractivity contribution >= 4 is 5.71 Å². The third-order valence-electron chi connectivity index (χ3n) is 0.956. The molecule has 0 N–H and O–H groups in total. The van der Waals surface area contributed by atoms with Gasteiger partial charge in [0, 0.05) is 0 Å². The van der Waals surface area contributed by atoms with E-state index in [0.29, 0.717) is 6.61 Å². The van der Waals surface area contributed by atoms with E-state index in [2.05, 4.69) is 5.16 Å². The Morgan fingerprint density at radius 1 is 1.62 bits per heavy atom. The van der Waals surface area contributed by atoms with Crippen molar-refractivity contribution in [1.29, 1.82) is 0 Å². The molecular formula is C6H9NO. The normalized spacial score (nSPS) is 18.8. The summed E-state index contributed by atoms with van der Waals surface area (Å²) in [7, 11) is 0. The van der Waals surface area contributed by atoms with Gasteiger partial charge in [0.2, 0.25) is 0 Å². The fourth-order valence-corrected chi connectivity index (χ4v) is 0.661. The molecule has 0 unspecified atom stereocenters. The molecule has 0 bridgehead atoms. The quantitative estimate of drug-likeness (QED) is 0.462. The van der Waals surface area contributed by atoms with Crippen molar-refractivity contribution in [3.8, 4) is 0 Å². The number of rotatable bonds is 0. The third kappa shape index (κ3) is 1.09. The van der Waals surface area contributed by atoms with Gasteiger partial charge in [-0.25, -0.2) is 0 Å². The summed E-state index contributed by atoms with van der Waals surface area (Å²) in [5, 5.41) is 3.72. The molecule has 2 heteroatoms. The van der Waals surface area contributed by atoms with Crippen molar-refractivity contribution in [2.75, 3.05) is 6.61 Å². The van der Waals surface area contributed by atoms with Crippen LogP contribution in [0.4, 0.5) is 0 Å². The van der Waals surface area contributed by atoms with Crippen LogP contribution in [-0.2, 0) is 4.84 Å². The van der Waals surface area contributed by atoms with Gasteiger partial charge in [-0.1, -0.05) is 5.16 Å². The lowest BCUT2D eigenvalue weighted by Crippen LogP contribution is -2.01. The molecular weight excluding hydrogens is 102 g/mol. The second-order valence-corrected chi connectivity index (χ2v) is 2.00. The number of nitrogens with zero attached hydrogens (tertiary/aromatic N) is 1. The second kappa shape index (κ2) is 1.99. The fraction of sp³-hybridized carbons (Fsp3) is 0.500. The molecule has 0 fully saturated rings. The summed E-state index contributed by atoms with van der Waals surface area (Å²) in [4.78, 5) is 4.81. The lowest BCUT2D eigenvalue weighted by atomic mass is 10.2. The van der Waals surface area contributed by atoms with Crippen LogP contribution in [0.3, 0.4) is 0 Å². The van der Waals surface area contributed by atoms with Crippen LogP contribution in [0.1, 0.15) is 13.8 Å². The predicted octanol–water partition coefficient (Wildman–Crippen LogP) is 1.34. The Labute approximate surface area is 48.8 Å². The monoisotopic (exact) mass is 111 g/mol. The molecule has 8 heavy (non-hydrogen) atoms. The smallest absolute Gasteiger partial charge is 0.138 e. The summed E-state index contributed by atoms with van der Waals surface area (Å²) in [6, 6.07) is 0. The minimum Gasteiger partial charge on any atom is -0.391 e. The highest BCUT2D eigenvalue weighted by atomic mass is 16.6. The van der Waals surface area contributed by atoms with E-state index in [9.17, 15) is 0 Å². The summed E-state index contributed by atoms with van der Waals surface area (Å²) in [5.41, 5.74) is 2.19. The van der Waals surface area contributed by atoms with E-state index in [-0.39, 0.29) is 0 Å². The van der Waals surface area contributed by atoms with E-state index in [0.717, 1.165) is 5.71 Å². The maximum Gasteiger partial charge on any atom is 0.138 e. The Hall–Kier alpha value is -0.790. The first kappa shape index (κ1) is 5.35. The van der Waals surface area contributed by atoms with Gasteiger partial charge in [0.25, 0.3) is 0 Å². The molecule has 1 aliphatic rings. The minimum atomic E-state index is 0.650. The molecule has 1 heterocycles. The van der Waals surface area contributed by atoms with Crippen LogP contribution in [0.5, 0.6) is 0 Å². The number of hydrogen-bond acceptors (Lipinski definition) is 2. The maximum atomic E-state index is 4.81. The zero-order chi connectivity index (χ0) is 5.98. The molecule has 0 saturated heterocycles. The summed E-state index contributed by atoms with van der Waals surface area (Å²) in [5.74, 6) is 0. The van der Waals surface area contributed by atoms with Gasteiger partial charge in [0.1, 0.15) is 6.61 Å². The molecule has 0 saturated carbocycles. The lowest BCUT2D eigenvalue weighted by Gasteiger charge is -2.05. The van der Waals surface area contributed by atoms with Gasteiger partial charge in [-0.2, -0.15) is 0 Å². The molecule has 2 nitrogen and oxygen atoms in total. The summed E-state index contributed by atoms with van der Waals surface area (Å²) >= 11 is 0. The Kier molecular flexibility index (Phi) is 1.33. The zero-order valence-corrected chi connectivity index (χ0v) is 5.14. The van der Waals surface area contributed by atoms with Crippen LogP contribution in [0.15, 0.2) is 16.8 Å². The fourth-order valence-electron chi connectivity index (χ4n) is 0.661. The van der Waals surface area contributed by atoms with Crippen molar-refractivity contribution in [3.05, 3.63) is 11.6 Å². The Balaban J connectivity index is 2.69. The van der Waals surface area contributed by atoms with Gasteiger partial charge in [-0.3, -0.25) is 0 Å². The van der Waals surface area contributed by atoms with Crippen LogP contribution >= 0.6 is 0 Å². The Morgan fingerprint density at radius 2 is 2.38 bits per heavy atom. The van der Waals surface area contributed by atoms with Crippen molar-refractivity contribution in [1.82, 2.24) is 0 Å². The van der Waals surface area contributed by atoms with Crippen LogP contribution in [0.2, 0.25) is 0 Å². The zero-order valence-electron chi connectivity index (χ0n) is 5.14. The molecule has 0 amide bonds. The maximum absolute atomic E-state index is 4.81. The highest BCUT2D eigenvalue weighted by molar-refractivity contribution is 5.93. The summed E-state index contributed by atoms with van der Waals surface area (Å²) < 4.78 is 0. The molecule has 1 rings (SSSR count). The van der Waals surface area contributed by atoms with Crippen molar-refractivity contribution in [2.24, 2.45) is 5.16 Å². The SMILES string of the molecule is CC1=CC(C)=NOC1. The van der Waals surface area contributed by atoms with Crippen molar-refractivity contribution in [2.45, 2.75) is 13.8 Å². The molecule has 0 radical (unpaired) electrons. The third-order valence-corrected chi connectivity index (χ3v) is 0.956. The summed E-state index contributed by atoms with van der Waals surface area (Å²) in [6.45, 7) is 4.60. The minimum absolute atomic E-state index is 0.650. The van der Waals surface area contributed by atoms with Gasteiger partial charge >= 0.3 is 0 Å². The number of allylic oxidation sites excluding steroid dienone is 1. The van der Waals surface area contributed by atoms with Crippen LogP contribution in [0.25, 0.3) is 0 Å². The van der Waals surface area contributed by atoms with Crippen LogP contribution in [0, 0.1) is 0 Å². The highest BCUT2D eigenvalue weighted by Crippen LogP contribution is 2.00.